The van der Waals surface area contributed by atoms with Gasteiger partial charge in [0, 0.05) is 29.6 Å². The predicted octanol–water partition coefficient (Wildman–Crippen LogP) is 2.99. The molecule has 3 aromatic heterocycles. The molecule has 0 atom stereocenters. The van der Waals surface area contributed by atoms with Crippen LogP contribution in [0.15, 0.2) is 36.8 Å². The SMILES string of the molecule is Cc1cc(Nc2cc(Nc3ncccc3C(C)(C)O)ncn2)nc(C)n1. The topological polar surface area (TPSA) is 109 Å². The zero-order chi connectivity index (χ0) is 18.7. The first-order valence-corrected chi connectivity index (χ1v) is 8.17. The molecule has 0 unspecified atom stereocenters. The number of anilines is 4. The summed E-state index contributed by atoms with van der Waals surface area (Å²) >= 11 is 0. The van der Waals surface area contributed by atoms with Crippen LogP contribution in [0.1, 0.15) is 30.9 Å². The van der Waals surface area contributed by atoms with E-state index in [9.17, 15) is 5.11 Å². The van der Waals surface area contributed by atoms with E-state index in [-0.39, 0.29) is 0 Å². The van der Waals surface area contributed by atoms with Crippen LogP contribution in [0.5, 0.6) is 0 Å². The van der Waals surface area contributed by atoms with Crippen LogP contribution in [-0.4, -0.2) is 30.0 Å². The molecule has 8 nitrogen and oxygen atoms in total. The van der Waals surface area contributed by atoms with Crippen LogP contribution in [0.3, 0.4) is 0 Å². The maximum absolute atomic E-state index is 10.3. The van der Waals surface area contributed by atoms with Gasteiger partial charge in [0.1, 0.15) is 35.4 Å². The summed E-state index contributed by atoms with van der Waals surface area (Å²) in [6.45, 7) is 7.17. The molecule has 26 heavy (non-hydrogen) atoms. The van der Waals surface area contributed by atoms with Crippen molar-refractivity contribution in [1.29, 1.82) is 0 Å². The first kappa shape index (κ1) is 17.7. The molecule has 0 saturated carbocycles. The van der Waals surface area contributed by atoms with Gasteiger partial charge in [0.25, 0.3) is 0 Å². The second-order valence-electron chi connectivity index (χ2n) is 6.44. The average molecular weight is 351 g/mol. The zero-order valence-corrected chi connectivity index (χ0v) is 15.1. The number of aromatic nitrogens is 5. The van der Waals surface area contributed by atoms with Gasteiger partial charge in [0.05, 0.1) is 5.60 Å². The minimum atomic E-state index is -1.03. The smallest absolute Gasteiger partial charge is 0.137 e. The van der Waals surface area contributed by atoms with Gasteiger partial charge in [0.2, 0.25) is 0 Å². The van der Waals surface area contributed by atoms with Gasteiger partial charge in [-0.05, 0) is 33.8 Å². The molecule has 0 fully saturated rings. The van der Waals surface area contributed by atoms with Crippen molar-refractivity contribution >= 4 is 23.3 Å². The molecule has 0 bridgehead atoms. The Labute approximate surface area is 151 Å². The second kappa shape index (κ2) is 7.01. The zero-order valence-electron chi connectivity index (χ0n) is 15.1. The lowest BCUT2D eigenvalue weighted by atomic mass is 9.99. The van der Waals surface area contributed by atoms with Crippen molar-refractivity contribution in [1.82, 2.24) is 24.9 Å². The lowest BCUT2D eigenvalue weighted by Gasteiger charge is -2.21. The molecule has 0 aliphatic carbocycles. The second-order valence-corrected chi connectivity index (χ2v) is 6.44. The van der Waals surface area contributed by atoms with Crippen molar-refractivity contribution in [2.24, 2.45) is 0 Å². The van der Waals surface area contributed by atoms with Crippen LogP contribution in [-0.2, 0) is 5.60 Å². The molecular weight excluding hydrogens is 330 g/mol. The Balaban J connectivity index is 1.85. The summed E-state index contributed by atoms with van der Waals surface area (Å²) in [4.78, 5) is 21.3. The molecule has 0 spiro atoms. The molecule has 0 radical (unpaired) electrons. The van der Waals surface area contributed by atoms with Gasteiger partial charge in [-0.2, -0.15) is 0 Å². The molecular formula is C18H21N7O. The normalized spacial score (nSPS) is 11.3. The molecule has 3 aromatic rings. The Bertz CT molecular complexity index is 901. The average Bonchev–Trinajstić information content (AvgIpc) is 2.53. The Hall–Kier alpha value is -3.13. The predicted molar refractivity (Wildman–Crippen MR) is 99.6 cm³/mol. The maximum atomic E-state index is 10.3. The summed E-state index contributed by atoms with van der Waals surface area (Å²) in [5, 5.41) is 16.6. The summed E-state index contributed by atoms with van der Waals surface area (Å²) in [5.74, 6) is 3.02. The fourth-order valence-corrected chi connectivity index (χ4v) is 2.53. The third-order valence-corrected chi connectivity index (χ3v) is 3.60. The van der Waals surface area contributed by atoms with Gasteiger partial charge in [-0.1, -0.05) is 6.07 Å². The van der Waals surface area contributed by atoms with E-state index >= 15 is 0 Å². The van der Waals surface area contributed by atoms with E-state index in [0.717, 1.165) is 5.69 Å². The van der Waals surface area contributed by atoms with Gasteiger partial charge in [-0.15, -0.1) is 0 Å². The first-order chi connectivity index (χ1) is 12.3. The highest BCUT2D eigenvalue weighted by Crippen LogP contribution is 2.27. The van der Waals surface area contributed by atoms with Crippen molar-refractivity contribution in [2.75, 3.05) is 10.6 Å². The van der Waals surface area contributed by atoms with Crippen LogP contribution < -0.4 is 10.6 Å². The molecule has 0 amide bonds. The van der Waals surface area contributed by atoms with E-state index in [1.807, 2.05) is 26.0 Å². The van der Waals surface area contributed by atoms with Crippen LogP contribution in [0.4, 0.5) is 23.3 Å². The molecule has 3 heterocycles. The van der Waals surface area contributed by atoms with E-state index < -0.39 is 5.60 Å². The molecule has 134 valence electrons. The Morgan fingerprint density at radius 2 is 1.65 bits per heavy atom. The number of hydrogen-bond acceptors (Lipinski definition) is 8. The van der Waals surface area contributed by atoms with E-state index in [0.29, 0.717) is 34.7 Å². The van der Waals surface area contributed by atoms with Crippen LogP contribution >= 0.6 is 0 Å². The van der Waals surface area contributed by atoms with E-state index in [4.69, 9.17) is 0 Å². The van der Waals surface area contributed by atoms with Crippen molar-refractivity contribution in [2.45, 2.75) is 33.3 Å². The van der Waals surface area contributed by atoms with Gasteiger partial charge >= 0.3 is 0 Å². The summed E-state index contributed by atoms with van der Waals surface area (Å²) in [7, 11) is 0. The maximum Gasteiger partial charge on any atom is 0.137 e. The number of aryl methyl sites for hydroxylation is 2. The molecule has 8 heteroatoms. The van der Waals surface area contributed by atoms with Crippen molar-refractivity contribution in [3.63, 3.8) is 0 Å². The van der Waals surface area contributed by atoms with E-state index in [1.165, 1.54) is 6.33 Å². The molecule has 0 aliphatic heterocycles. The fourth-order valence-electron chi connectivity index (χ4n) is 2.53. The third kappa shape index (κ3) is 4.28. The van der Waals surface area contributed by atoms with E-state index in [1.54, 1.807) is 32.2 Å². The van der Waals surface area contributed by atoms with Crippen molar-refractivity contribution in [3.05, 3.63) is 53.9 Å². The lowest BCUT2D eigenvalue weighted by Crippen LogP contribution is -2.18. The molecule has 0 aromatic carbocycles. The number of rotatable bonds is 5. The van der Waals surface area contributed by atoms with Gasteiger partial charge in [-0.3, -0.25) is 0 Å². The quantitative estimate of drug-likeness (QED) is 0.644. The Morgan fingerprint density at radius 1 is 0.923 bits per heavy atom. The number of hydrogen-bond donors (Lipinski definition) is 3. The summed E-state index contributed by atoms with van der Waals surface area (Å²) in [6.07, 6.45) is 3.10. The number of pyridine rings is 1. The number of nitrogens with one attached hydrogen (secondary N) is 2. The molecule has 0 saturated heterocycles. The van der Waals surface area contributed by atoms with E-state index in [2.05, 4.69) is 35.6 Å². The first-order valence-electron chi connectivity index (χ1n) is 8.17. The highest BCUT2D eigenvalue weighted by molar-refractivity contribution is 5.62. The number of nitrogens with zero attached hydrogens (tertiary/aromatic N) is 5. The van der Waals surface area contributed by atoms with Crippen molar-refractivity contribution in [3.8, 4) is 0 Å². The minimum absolute atomic E-state index is 0.540. The molecule has 0 aliphatic rings. The van der Waals surface area contributed by atoms with Crippen LogP contribution in [0.2, 0.25) is 0 Å². The van der Waals surface area contributed by atoms with Crippen LogP contribution in [0, 0.1) is 13.8 Å². The highest BCUT2D eigenvalue weighted by Gasteiger charge is 2.21. The lowest BCUT2D eigenvalue weighted by molar-refractivity contribution is 0.0791. The summed E-state index contributed by atoms with van der Waals surface area (Å²) < 4.78 is 0. The van der Waals surface area contributed by atoms with Gasteiger partial charge in [0.15, 0.2) is 0 Å². The Kier molecular flexibility index (Phi) is 4.77. The monoisotopic (exact) mass is 351 g/mol. The number of aliphatic hydroxyl groups is 1. The van der Waals surface area contributed by atoms with Crippen LogP contribution in [0.25, 0.3) is 0 Å². The van der Waals surface area contributed by atoms with Crippen molar-refractivity contribution < 1.29 is 5.11 Å². The van der Waals surface area contributed by atoms with Gasteiger partial charge in [-0.25, -0.2) is 24.9 Å². The minimum Gasteiger partial charge on any atom is -0.386 e. The third-order valence-electron chi connectivity index (χ3n) is 3.60. The largest absolute Gasteiger partial charge is 0.386 e. The highest BCUT2D eigenvalue weighted by atomic mass is 16.3. The Morgan fingerprint density at radius 3 is 2.35 bits per heavy atom. The summed E-state index contributed by atoms with van der Waals surface area (Å²) in [5.41, 5.74) is 0.520. The fraction of sp³-hybridized carbons (Fsp3) is 0.278. The van der Waals surface area contributed by atoms with Gasteiger partial charge < -0.3 is 15.7 Å². The standard InChI is InChI=1S/C18H21N7O/c1-11-8-16(23-12(2)22-11)24-14-9-15(21-10-20-14)25-17-13(18(3,4)26)6-5-7-19-17/h5-10,26H,1-4H3,(H2,19,20,21,22,23,24,25). The molecule has 3 rings (SSSR count). The summed E-state index contributed by atoms with van der Waals surface area (Å²) in [6, 6.07) is 7.19. The molecule has 3 N–H and O–H groups in total.